The van der Waals surface area contributed by atoms with Gasteiger partial charge in [-0.05, 0) is 44.5 Å². The first-order valence-corrected chi connectivity index (χ1v) is 9.84. The van der Waals surface area contributed by atoms with Crippen molar-refractivity contribution >= 4 is 17.6 Å². The van der Waals surface area contributed by atoms with Gasteiger partial charge in [0.15, 0.2) is 0 Å². The number of carbonyl (C=O) groups excluding carboxylic acids is 2. The lowest BCUT2D eigenvalue weighted by Crippen LogP contribution is -2.33. The van der Waals surface area contributed by atoms with Crippen molar-refractivity contribution in [3.05, 3.63) is 88.1 Å². The van der Waals surface area contributed by atoms with Crippen LogP contribution in [0.1, 0.15) is 29.5 Å². The smallest absolute Gasteiger partial charge is 0.336 e. The van der Waals surface area contributed by atoms with Crippen LogP contribution in [-0.2, 0) is 19.1 Å². The lowest BCUT2D eigenvalue weighted by molar-refractivity contribution is -0.144. The third-order valence-electron chi connectivity index (χ3n) is 5.42. The molecule has 3 rings (SSSR count). The van der Waals surface area contributed by atoms with Crippen LogP contribution >= 0.6 is 0 Å². The molecule has 0 aromatic heterocycles. The number of methoxy groups -OCH3 is 2. The first kappa shape index (κ1) is 21.4. The molecule has 0 aliphatic heterocycles. The molecule has 0 fully saturated rings. The second-order valence-corrected chi connectivity index (χ2v) is 7.59. The third kappa shape index (κ3) is 4.30. The highest BCUT2D eigenvalue weighted by molar-refractivity contribution is 5.95. The van der Waals surface area contributed by atoms with Crippen LogP contribution < -0.4 is 5.32 Å². The SMILES string of the molecule is COC(=O)C1=C(Nc2ccc(C)cc2)C=C(C)[C@H](C(=O)OC)[C@@H]1c1ccc(C)cc1. The topological polar surface area (TPSA) is 64.6 Å². The molecule has 0 spiro atoms. The van der Waals surface area contributed by atoms with Gasteiger partial charge < -0.3 is 14.8 Å². The number of rotatable bonds is 5. The molecular formula is C25H27NO4. The van der Waals surface area contributed by atoms with Crippen LogP contribution in [0.4, 0.5) is 5.69 Å². The Morgan fingerprint density at radius 2 is 1.40 bits per heavy atom. The van der Waals surface area contributed by atoms with E-state index in [0.717, 1.165) is 28.0 Å². The zero-order valence-corrected chi connectivity index (χ0v) is 18.0. The van der Waals surface area contributed by atoms with Crippen LogP contribution in [0.15, 0.2) is 71.5 Å². The maximum Gasteiger partial charge on any atom is 0.336 e. The molecule has 1 N–H and O–H groups in total. The zero-order chi connectivity index (χ0) is 21.8. The molecule has 1 aliphatic carbocycles. The van der Waals surface area contributed by atoms with Crippen molar-refractivity contribution in [2.45, 2.75) is 26.7 Å². The third-order valence-corrected chi connectivity index (χ3v) is 5.42. The molecule has 30 heavy (non-hydrogen) atoms. The van der Waals surface area contributed by atoms with E-state index in [1.807, 2.05) is 75.4 Å². The number of esters is 2. The molecule has 0 saturated carbocycles. The number of nitrogens with one attached hydrogen (secondary N) is 1. The van der Waals surface area contributed by atoms with Crippen molar-refractivity contribution in [1.29, 1.82) is 0 Å². The Morgan fingerprint density at radius 3 is 1.93 bits per heavy atom. The van der Waals surface area contributed by atoms with Crippen molar-refractivity contribution in [3.8, 4) is 0 Å². The quantitative estimate of drug-likeness (QED) is 0.732. The van der Waals surface area contributed by atoms with Gasteiger partial charge in [-0.1, -0.05) is 53.1 Å². The molecule has 0 heterocycles. The summed E-state index contributed by atoms with van der Waals surface area (Å²) in [4.78, 5) is 25.7. The van der Waals surface area contributed by atoms with E-state index in [0.29, 0.717) is 11.3 Å². The largest absolute Gasteiger partial charge is 0.469 e. The van der Waals surface area contributed by atoms with E-state index in [1.165, 1.54) is 14.2 Å². The minimum Gasteiger partial charge on any atom is -0.469 e. The lowest BCUT2D eigenvalue weighted by atomic mass is 9.72. The number of allylic oxidation sites excluding steroid dienone is 1. The monoisotopic (exact) mass is 405 g/mol. The number of hydrogen-bond acceptors (Lipinski definition) is 5. The van der Waals surface area contributed by atoms with Crippen LogP contribution in [0.25, 0.3) is 0 Å². The molecule has 0 saturated heterocycles. The minimum atomic E-state index is -0.615. The van der Waals surface area contributed by atoms with E-state index < -0.39 is 17.8 Å². The van der Waals surface area contributed by atoms with E-state index in [9.17, 15) is 9.59 Å². The van der Waals surface area contributed by atoms with Gasteiger partial charge in [0.2, 0.25) is 0 Å². The Hall–Kier alpha value is -3.34. The summed E-state index contributed by atoms with van der Waals surface area (Å²) in [5.41, 5.74) is 5.78. The van der Waals surface area contributed by atoms with Gasteiger partial charge in [-0.25, -0.2) is 4.79 Å². The Balaban J connectivity index is 2.19. The van der Waals surface area contributed by atoms with Crippen molar-refractivity contribution in [2.75, 3.05) is 19.5 Å². The molecule has 0 bridgehead atoms. The van der Waals surface area contributed by atoms with Gasteiger partial charge in [-0.3, -0.25) is 4.79 Å². The summed E-state index contributed by atoms with van der Waals surface area (Å²) in [7, 11) is 2.72. The Kier molecular flexibility index (Phi) is 6.40. The second-order valence-electron chi connectivity index (χ2n) is 7.59. The Labute approximate surface area is 177 Å². The van der Waals surface area contributed by atoms with Crippen LogP contribution in [0.3, 0.4) is 0 Å². The van der Waals surface area contributed by atoms with Gasteiger partial charge in [-0.15, -0.1) is 0 Å². The average molecular weight is 405 g/mol. The maximum atomic E-state index is 12.9. The van der Waals surface area contributed by atoms with Crippen molar-refractivity contribution in [1.82, 2.24) is 0 Å². The highest BCUT2D eigenvalue weighted by Gasteiger charge is 2.41. The van der Waals surface area contributed by atoms with Crippen LogP contribution in [-0.4, -0.2) is 26.2 Å². The molecule has 5 heteroatoms. The fourth-order valence-electron chi connectivity index (χ4n) is 3.82. The number of carbonyl (C=O) groups is 2. The summed E-state index contributed by atoms with van der Waals surface area (Å²) in [5.74, 6) is -2.00. The van der Waals surface area contributed by atoms with E-state index in [4.69, 9.17) is 9.47 Å². The van der Waals surface area contributed by atoms with Crippen molar-refractivity contribution in [3.63, 3.8) is 0 Å². The van der Waals surface area contributed by atoms with Crippen LogP contribution in [0.2, 0.25) is 0 Å². The van der Waals surface area contributed by atoms with E-state index >= 15 is 0 Å². The predicted molar refractivity (Wildman–Crippen MR) is 117 cm³/mol. The molecule has 0 amide bonds. The lowest BCUT2D eigenvalue weighted by Gasteiger charge is -2.33. The molecular weight excluding hydrogens is 378 g/mol. The fourth-order valence-corrected chi connectivity index (χ4v) is 3.82. The molecule has 1 aliphatic rings. The normalized spacial score (nSPS) is 18.5. The number of benzene rings is 2. The highest BCUT2D eigenvalue weighted by atomic mass is 16.5. The molecule has 2 atom stereocenters. The summed E-state index contributed by atoms with van der Waals surface area (Å²) >= 11 is 0. The standard InChI is InChI=1S/C25H27NO4/c1-15-6-10-18(11-7-15)22-21(24(27)29-4)17(3)14-20(23(22)25(28)30-5)26-19-12-8-16(2)9-13-19/h6-14,21-22,26H,1-5H3/t21-,22-/m0/s1. The molecule has 5 nitrogen and oxygen atoms in total. The maximum absolute atomic E-state index is 12.9. The van der Waals surface area contributed by atoms with Crippen LogP contribution in [0.5, 0.6) is 0 Å². The summed E-state index contributed by atoms with van der Waals surface area (Å²) < 4.78 is 10.2. The molecule has 156 valence electrons. The van der Waals surface area contributed by atoms with Gasteiger partial charge in [0.25, 0.3) is 0 Å². The van der Waals surface area contributed by atoms with Crippen molar-refractivity contribution in [2.24, 2.45) is 5.92 Å². The minimum absolute atomic E-state index is 0.384. The molecule has 0 unspecified atom stereocenters. The van der Waals surface area contributed by atoms with Gasteiger partial charge in [-0.2, -0.15) is 0 Å². The summed E-state index contributed by atoms with van der Waals surface area (Å²) in [5, 5.41) is 3.34. The summed E-state index contributed by atoms with van der Waals surface area (Å²) in [6.07, 6.45) is 1.83. The van der Waals surface area contributed by atoms with Gasteiger partial charge in [0.1, 0.15) is 0 Å². The fraction of sp³-hybridized carbons (Fsp3) is 0.280. The van der Waals surface area contributed by atoms with Crippen molar-refractivity contribution < 1.29 is 19.1 Å². The second kappa shape index (κ2) is 8.99. The first-order chi connectivity index (χ1) is 14.3. The Morgan fingerprint density at radius 1 is 0.833 bits per heavy atom. The average Bonchev–Trinajstić information content (AvgIpc) is 2.74. The summed E-state index contributed by atoms with van der Waals surface area (Å²) in [6, 6.07) is 15.7. The van der Waals surface area contributed by atoms with Gasteiger partial charge >= 0.3 is 11.9 Å². The van der Waals surface area contributed by atoms with E-state index in [-0.39, 0.29) is 5.97 Å². The van der Waals surface area contributed by atoms with Crippen LogP contribution in [0, 0.1) is 19.8 Å². The predicted octanol–water partition coefficient (Wildman–Crippen LogP) is 4.68. The molecule has 2 aromatic carbocycles. The number of ether oxygens (including phenoxy) is 2. The molecule has 0 radical (unpaired) electrons. The first-order valence-electron chi connectivity index (χ1n) is 9.84. The molecule has 2 aromatic rings. The summed E-state index contributed by atoms with van der Waals surface area (Å²) in [6.45, 7) is 5.89. The van der Waals surface area contributed by atoms with Gasteiger partial charge in [0, 0.05) is 17.3 Å². The zero-order valence-electron chi connectivity index (χ0n) is 18.0. The number of aryl methyl sites for hydroxylation is 2. The number of anilines is 1. The van der Waals surface area contributed by atoms with E-state index in [1.54, 1.807) is 0 Å². The van der Waals surface area contributed by atoms with E-state index in [2.05, 4.69) is 5.32 Å². The van der Waals surface area contributed by atoms with Gasteiger partial charge in [0.05, 0.1) is 25.7 Å². The Bertz CT molecular complexity index is 1000. The number of hydrogen-bond donors (Lipinski definition) is 1. The highest BCUT2D eigenvalue weighted by Crippen LogP contribution is 2.43.